The van der Waals surface area contributed by atoms with Gasteiger partial charge < -0.3 is 9.26 Å². The van der Waals surface area contributed by atoms with Crippen molar-refractivity contribution in [3.8, 4) is 28.3 Å². The van der Waals surface area contributed by atoms with Crippen molar-refractivity contribution in [1.29, 1.82) is 0 Å². The minimum atomic E-state index is -0.649. The van der Waals surface area contributed by atoms with E-state index in [0.29, 0.717) is 22.0 Å². The summed E-state index contributed by atoms with van der Waals surface area (Å²) < 4.78 is 26.1. The average molecular weight is 412 g/mol. The summed E-state index contributed by atoms with van der Waals surface area (Å²) in [5, 5.41) is 8.80. The molecule has 0 saturated carbocycles. The smallest absolute Gasteiger partial charge is 0.357 e. The molecule has 0 aliphatic heterocycles. The Hall–Kier alpha value is -3.45. The number of hydrogen-bond acceptors (Lipinski definition) is 5. The molecule has 8 heteroatoms. The predicted octanol–water partition coefficient (Wildman–Crippen LogP) is 5.16. The van der Waals surface area contributed by atoms with E-state index in [2.05, 4.69) is 10.3 Å². The van der Waals surface area contributed by atoms with Crippen molar-refractivity contribution < 1.29 is 18.4 Å². The minimum absolute atomic E-state index is 0.0470. The van der Waals surface area contributed by atoms with Crippen LogP contribution in [0.3, 0.4) is 0 Å². The van der Waals surface area contributed by atoms with Crippen molar-refractivity contribution in [2.75, 3.05) is 6.61 Å². The Labute approximate surface area is 170 Å². The SMILES string of the molecule is CCOC(=O)c1c(-c2cc(-c3cccc(Cl)c3)no2)cnn1-c1ccccc1F. The summed E-state index contributed by atoms with van der Waals surface area (Å²) in [6.45, 7) is 1.85. The number of hydrogen-bond donors (Lipinski definition) is 0. The first-order chi connectivity index (χ1) is 14.1. The molecule has 6 nitrogen and oxygen atoms in total. The van der Waals surface area contributed by atoms with Crippen LogP contribution in [0.25, 0.3) is 28.3 Å². The normalized spacial score (nSPS) is 10.9. The van der Waals surface area contributed by atoms with E-state index >= 15 is 0 Å². The molecule has 4 aromatic rings. The van der Waals surface area contributed by atoms with E-state index in [1.165, 1.54) is 23.0 Å². The molecule has 0 fully saturated rings. The maximum absolute atomic E-state index is 14.3. The first-order valence-corrected chi connectivity index (χ1v) is 9.19. The third kappa shape index (κ3) is 3.64. The third-order valence-electron chi connectivity index (χ3n) is 4.21. The molecule has 146 valence electrons. The molecule has 0 bridgehead atoms. The van der Waals surface area contributed by atoms with Crippen molar-refractivity contribution in [1.82, 2.24) is 14.9 Å². The molecular formula is C21H15ClFN3O3. The van der Waals surface area contributed by atoms with Gasteiger partial charge >= 0.3 is 5.97 Å². The maximum atomic E-state index is 14.3. The molecule has 0 atom stereocenters. The highest BCUT2D eigenvalue weighted by atomic mass is 35.5. The number of carbonyl (C=O) groups excluding carboxylic acids is 1. The Bertz CT molecular complexity index is 1190. The van der Waals surface area contributed by atoms with Gasteiger partial charge in [-0.05, 0) is 31.2 Å². The van der Waals surface area contributed by atoms with Gasteiger partial charge in [0, 0.05) is 16.7 Å². The molecule has 29 heavy (non-hydrogen) atoms. The summed E-state index contributed by atoms with van der Waals surface area (Å²) in [6, 6.07) is 14.8. The number of esters is 1. The van der Waals surface area contributed by atoms with Gasteiger partial charge in [-0.2, -0.15) is 5.10 Å². The summed E-state index contributed by atoms with van der Waals surface area (Å²) >= 11 is 6.04. The Morgan fingerprint density at radius 2 is 2.03 bits per heavy atom. The first kappa shape index (κ1) is 18.9. The summed E-state index contributed by atoms with van der Waals surface area (Å²) in [4.78, 5) is 12.6. The highest BCUT2D eigenvalue weighted by molar-refractivity contribution is 6.30. The molecule has 2 aromatic carbocycles. The van der Waals surface area contributed by atoms with Crippen LogP contribution in [0.4, 0.5) is 4.39 Å². The van der Waals surface area contributed by atoms with Gasteiger partial charge in [0.15, 0.2) is 11.5 Å². The number of ether oxygens (including phenoxy) is 1. The van der Waals surface area contributed by atoms with Crippen molar-refractivity contribution in [2.45, 2.75) is 6.92 Å². The monoisotopic (exact) mass is 411 g/mol. The summed E-state index contributed by atoms with van der Waals surface area (Å²) in [7, 11) is 0. The molecule has 0 N–H and O–H groups in total. The van der Waals surface area contributed by atoms with Crippen LogP contribution in [0.1, 0.15) is 17.4 Å². The molecule has 0 unspecified atom stereocenters. The van der Waals surface area contributed by atoms with Gasteiger partial charge in [0.1, 0.15) is 17.2 Å². The summed E-state index contributed by atoms with van der Waals surface area (Å²) in [5.41, 5.74) is 1.80. The Balaban J connectivity index is 1.83. The number of para-hydroxylation sites is 1. The lowest BCUT2D eigenvalue weighted by Gasteiger charge is -2.08. The van der Waals surface area contributed by atoms with Crippen LogP contribution in [-0.2, 0) is 4.74 Å². The van der Waals surface area contributed by atoms with E-state index in [1.54, 1.807) is 43.3 Å². The third-order valence-corrected chi connectivity index (χ3v) is 4.45. The zero-order valence-corrected chi connectivity index (χ0v) is 16.1. The van der Waals surface area contributed by atoms with E-state index in [1.807, 2.05) is 6.07 Å². The molecule has 0 saturated heterocycles. The second-order valence-electron chi connectivity index (χ2n) is 6.08. The number of carbonyl (C=O) groups is 1. The quantitative estimate of drug-likeness (QED) is 0.424. The molecule has 0 spiro atoms. The van der Waals surface area contributed by atoms with Gasteiger partial charge in [0.05, 0.1) is 18.4 Å². The van der Waals surface area contributed by atoms with Crippen LogP contribution in [0.15, 0.2) is 65.3 Å². The molecule has 4 rings (SSSR count). The van der Waals surface area contributed by atoms with Gasteiger partial charge in [-0.3, -0.25) is 0 Å². The van der Waals surface area contributed by atoms with Gasteiger partial charge in [-0.1, -0.05) is 41.0 Å². The topological polar surface area (TPSA) is 70.2 Å². The highest BCUT2D eigenvalue weighted by Crippen LogP contribution is 2.31. The van der Waals surface area contributed by atoms with Crippen LogP contribution in [-0.4, -0.2) is 27.5 Å². The number of benzene rings is 2. The fourth-order valence-electron chi connectivity index (χ4n) is 2.92. The molecule has 2 heterocycles. The van der Waals surface area contributed by atoms with Crippen molar-refractivity contribution in [2.24, 2.45) is 0 Å². The zero-order chi connectivity index (χ0) is 20.4. The van der Waals surface area contributed by atoms with Crippen molar-refractivity contribution in [3.05, 3.63) is 77.3 Å². The summed E-state index contributed by atoms with van der Waals surface area (Å²) in [6.07, 6.45) is 1.42. The van der Waals surface area contributed by atoms with Crippen LogP contribution >= 0.6 is 11.6 Å². The lowest BCUT2D eigenvalue weighted by Crippen LogP contribution is -2.14. The van der Waals surface area contributed by atoms with Crippen molar-refractivity contribution in [3.63, 3.8) is 0 Å². The Morgan fingerprint density at radius 1 is 1.21 bits per heavy atom. The van der Waals surface area contributed by atoms with Crippen LogP contribution in [0, 0.1) is 5.82 Å². The first-order valence-electron chi connectivity index (χ1n) is 8.81. The van der Waals surface area contributed by atoms with Gasteiger partial charge in [0.2, 0.25) is 0 Å². The number of halogens is 2. The number of rotatable bonds is 5. The second-order valence-corrected chi connectivity index (χ2v) is 6.51. The zero-order valence-electron chi connectivity index (χ0n) is 15.3. The molecule has 0 radical (unpaired) electrons. The van der Waals surface area contributed by atoms with E-state index < -0.39 is 11.8 Å². The van der Waals surface area contributed by atoms with Gasteiger partial charge in [0.25, 0.3) is 0 Å². The molecule has 0 amide bonds. The minimum Gasteiger partial charge on any atom is -0.461 e. The lowest BCUT2D eigenvalue weighted by molar-refractivity contribution is 0.0516. The maximum Gasteiger partial charge on any atom is 0.357 e. The number of nitrogens with zero attached hydrogens (tertiary/aromatic N) is 3. The standard InChI is InChI=1S/C21H15ClFN3O3/c1-2-28-21(27)20-15(12-24-26(20)18-9-4-3-8-16(18)23)19-11-17(25-29-19)13-6-5-7-14(22)10-13/h3-12H,2H2,1H3. The second kappa shape index (κ2) is 7.89. The van der Waals surface area contributed by atoms with Crippen LogP contribution in [0.5, 0.6) is 0 Å². The van der Waals surface area contributed by atoms with E-state index in [0.717, 1.165) is 5.56 Å². The van der Waals surface area contributed by atoms with Gasteiger partial charge in [-0.15, -0.1) is 0 Å². The van der Waals surface area contributed by atoms with E-state index in [4.69, 9.17) is 20.9 Å². The molecule has 0 aliphatic rings. The highest BCUT2D eigenvalue weighted by Gasteiger charge is 2.26. The fourth-order valence-corrected chi connectivity index (χ4v) is 3.11. The number of aromatic nitrogens is 3. The Morgan fingerprint density at radius 3 is 2.79 bits per heavy atom. The largest absolute Gasteiger partial charge is 0.461 e. The van der Waals surface area contributed by atoms with Crippen molar-refractivity contribution >= 4 is 17.6 Å². The van der Waals surface area contributed by atoms with E-state index in [-0.39, 0.29) is 18.0 Å². The fraction of sp³-hybridized carbons (Fsp3) is 0.0952. The van der Waals surface area contributed by atoms with Crippen LogP contribution < -0.4 is 0 Å². The van der Waals surface area contributed by atoms with E-state index in [9.17, 15) is 9.18 Å². The molecule has 0 aliphatic carbocycles. The predicted molar refractivity (Wildman–Crippen MR) is 105 cm³/mol. The molecular weight excluding hydrogens is 397 g/mol. The molecule has 2 aromatic heterocycles. The lowest BCUT2D eigenvalue weighted by atomic mass is 10.1. The Kier molecular flexibility index (Phi) is 5.14. The average Bonchev–Trinajstić information content (AvgIpc) is 3.36. The van der Waals surface area contributed by atoms with Gasteiger partial charge in [-0.25, -0.2) is 13.9 Å². The van der Waals surface area contributed by atoms with Crippen LogP contribution in [0.2, 0.25) is 5.02 Å². The summed E-state index contributed by atoms with van der Waals surface area (Å²) in [5.74, 6) is -0.875.